The van der Waals surface area contributed by atoms with Crippen LogP contribution < -0.4 is 0 Å². The third-order valence-electron chi connectivity index (χ3n) is 2.34. The van der Waals surface area contributed by atoms with Gasteiger partial charge < -0.3 is 0 Å². The third kappa shape index (κ3) is 4.26. The van der Waals surface area contributed by atoms with Gasteiger partial charge in [-0.25, -0.2) is 0 Å². The van der Waals surface area contributed by atoms with Crippen molar-refractivity contribution in [3.05, 3.63) is 23.5 Å². The van der Waals surface area contributed by atoms with Gasteiger partial charge in [0.05, 0.1) is 5.69 Å². The van der Waals surface area contributed by atoms with Crippen molar-refractivity contribution in [3.8, 4) is 0 Å². The van der Waals surface area contributed by atoms with Gasteiger partial charge in [0.25, 0.3) is 0 Å². The molecule has 1 rings (SSSR count). The van der Waals surface area contributed by atoms with Gasteiger partial charge in [0.15, 0.2) is 5.69 Å². The summed E-state index contributed by atoms with van der Waals surface area (Å²) >= 11 is 3.50. The quantitative estimate of drug-likeness (QED) is 0.775. The minimum absolute atomic E-state index is 0.0182. The van der Waals surface area contributed by atoms with Crippen LogP contribution in [0.5, 0.6) is 0 Å². The molecule has 0 aliphatic rings. The molecule has 0 radical (unpaired) electrons. The highest BCUT2D eigenvalue weighted by atomic mass is 79.9. The Morgan fingerprint density at radius 2 is 1.76 bits per heavy atom. The second kappa shape index (κ2) is 4.92. The van der Waals surface area contributed by atoms with Gasteiger partial charge in [-0.1, -0.05) is 36.7 Å². The fourth-order valence-electron chi connectivity index (χ4n) is 1.11. The summed E-state index contributed by atoms with van der Waals surface area (Å²) in [6, 6.07) is 2.33. The topological polar surface area (TPSA) is 25.8 Å². The zero-order valence-corrected chi connectivity index (χ0v) is 11.4. The molecular formula is C11H14BrF3N2. The fourth-order valence-corrected chi connectivity index (χ4v) is 1.44. The van der Waals surface area contributed by atoms with E-state index in [1.807, 2.05) is 20.8 Å². The van der Waals surface area contributed by atoms with Crippen LogP contribution >= 0.6 is 15.9 Å². The van der Waals surface area contributed by atoms with Gasteiger partial charge in [0.1, 0.15) is 0 Å². The molecule has 1 aromatic rings. The van der Waals surface area contributed by atoms with E-state index >= 15 is 0 Å². The molecule has 0 amide bonds. The van der Waals surface area contributed by atoms with Gasteiger partial charge in [-0.05, 0) is 17.5 Å². The van der Waals surface area contributed by atoms with E-state index in [2.05, 4.69) is 26.1 Å². The van der Waals surface area contributed by atoms with E-state index in [0.717, 1.165) is 6.07 Å². The summed E-state index contributed by atoms with van der Waals surface area (Å²) in [4.78, 5) is 0.140. The Labute approximate surface area is 107 Å². The van der Waals surface area contributed by atoms with Crippen LogP contribution in [0.15, 0.2) is 12.1 Å². The number of nitrogens with zero attached hydrogens (tertiary/aromatic N) is 2. The second-order valence-electron chi connectivity index (χ2n) is 4.95. The van der Waals surface area contributed by atoms with Crippen LogP contribution in [0.25, 0.3) is 0 Å². The van der Waals surface area contributed by atoms with E-state index in [1.165, 1.54) is 6.07 Å². The fraction of sp³-hybridized carbons (Fsp3) is 0.636. The maximum absolute atomic E-state index is 12.3. The normalized spacial score (nSPS) is 14.8. The van der Waals surface area contributed by atoms with E-state index in [9.17, 15) is 13.2 Å². The first-order chi connectivity index (χ1) is 7.60. The second-order valence-corrected chi connectivity index (χ2v) is 6.05. The summed E-state index contributed by atoms with van der Waals surface area (Å²) in [5.74, 6) is 0. The Hall–Kier alpha value is -0.650. The van der Waals surface area contributed by atoms with E-state index < -0.39 is 11.9 Å². The molecule has 1 heterocycles. The average Bonchev–Trinajstić information content (AvgIpc) is 2.15. The van der Waals surface area contributed by atoms with Crippen molar-refractivity contribution in [3.63, 3.8) is 0 Å². The molecule has 1 atom stereocenters. The Morgan fingerprint density at radius 3 is 2.12 bits per heavy atom. The molecule has 0 bridgehead atoms. The Balaban J connectivity index is 2.76. The predicted molar refractivity (Wildman–Crippen MR) is 62.9 cm³/mol. The zero-order valence-electron chi connectivity index (χ0n) is 9.85. The minimum Gasteiger partial charge on any atom is -0.164 e. The molecular weight excluding hydrogens is 297 g/mol. The smallest absolute Gasteiger partial charge is 0.164 e. The van der Waals surface area contributed by atoms with Gasteiger partial charge >= 0.3 is 6.18 Å². The number of aromatic nitrogens is 2. The van der Waals surface area contributed by atoms with Crippen LogP contribution in [-0.2, 0) is 12.6 Å². The molecule has 1 aromatic heterocycles. The summed E-state index contributed by atoms with van der Waals surface area (Å²) in [5, 5.41) is 6.79. The van der Waals surface area contributed by atoms with E-state index in [-0.39, 0.29) is 10.2 Å². The summed E-state index contributed by atoms with van der Waals surface area (Å²) in [5.41, 5.74) is -0.386. The number of hydrogen-bond donors (Lipinski definition) is 0. The first-order valence-electron chi connectivity index (χ1n) is 5.14. The van der Waals surface area contributed by atoms with Crippen LogP contribution in [0.3, 0.4) is 0 Å². The Morgan fingerprint density at radius 1 is 1.18 bits per heavy atom. The van der Waals surface area contributed by atoms with Crippen molar-refractivity contribution in [1.29, 1.82) is 0 Å². The van der Waals surface area contributed by atoms with Crippen molar-refractivity contribution >= 4 is 15.9 Å². The van der Waals surface area contributed by atoms with Crippen LogP contribution in [0.1, 0.15) is 32.2 Å². The predicted octanol–water partition coefficient (Wildman–Crippen LogP) is 3.85. The molecule has 0 N–H and O–H groups in total. The molecule has 0 saturated heterocycles. The SMILES string of the molecule is CC(C)(C)C(Br)Cc1ccc(C(F)(F)F)nn1. The van der Waals surface area contributed by atoms with Crippen molar-refractivity contribution in [2.24, 2.45) is 5.41 Å². The van der Waals surface area contributed by atoms with E-state index in [0.29, 0.717) is 12.1 Å². The van der Waals surface area contributed by atoms with Crippen LogP contribution in [0, 0.1) is 5.41 Å². The standard InChI is InChI=1S/C11H14BrF3N2/c1-10(2,3)8(12)6-7-4-5-9(17-16-7)11(13,14)15/h4-5,8H,6H2,1-3H3. The van der Waals surface area contributed by atoms with Gasteiger partial charge in [0.2, 0.25) is 0 Å². The van der Waals surface area contributed by atoms with Crippen molar-refractivity contribution in [1.82, 2.24) is 10.2 Å². The van der Waals surface area contributed by atoms with Gasteiger partial charge in [-0.2, -0.15) is 18.3 Å². The number of rotatable bonds is 2. The van der Waals surface area contributed by atoms with Gasteiger partial charge in [0, 0.05) is 11.2 Å². The maximum Gasteiger partial charge on any atom is 0.435 e. The van der Waals surface area contributed by atoms with E-state index in [4.69, 9.17) is 0 Å². The molecule has 17 heavy (non-hydrogen) atoms. The first kappa shape index (κ1) is 14.4. The van der Waals surface area contributed by atoms with Crippen LogP contribution in [0.4, 0.5) is 13.2 Å². The van der Waals surface area contributed by atoms with Gasteiger partial charge in [-0.3, -0.25) is 0 Å². The van der Waals surface area contributed by atoms with Gasteiger partial charge in [-0.15, -0.1) is 5.10 Å². The highest BCUT2D eigenvalue weighted by Crippen LogP contribution is 2.29. The summed E-state index contributed by atoms with van der Waals surface area (Å²) in [6.45, 7) is 6.14. The number of alkyl halides is 4. The van der Waals surface area contributed by atoms with Crippen LogP contribution in [0.2, 0.25) is 0 Å². The maximum atomic E-state index is 12.3. The molecule has 0 fully saturated rings. The Kier molecular flexibility index (Phi) is 4.17. The Bertz CT molecular complexity index is 368. The van der Waals surface area contributed by atoms with Crippen molar-refractivity contribution in [2.45, 2.75) is 38.2 Å². The molecule has 1 unspecified atom stereocenters. The van der Waals surface area contributed by atoms with Crippen LogP contribution in [-0.4, -0.2) is 15.0 Å². The molecule has 6 heteroatoms. The highest BCUT2D eigenvalue weighted by Gasteiger charge is 2.33. The lowest BCUT2D eigenvalue weighted by Crippen LogP contribution is -2.23. The minimum atomic E-state index is -4.43. The summed E-state index contributed by atoms with van der Waals surface area (Å²) < 4.78 is 36.8. The molecule has 0 aromatic carbocycles. The zero-order chi connectivity index (χ0) is 13.3. The first-order valence-corrected chi connectivity index (χ1v) is 6.06. The van der Waals surface area contributed by atoms with Crippen molar-refractivity contribution in [2.75, 3.05) is 0 Å². The molecule has 0 aliphatic carbocycles. The summed E-state index contributed by atoms with van der Waals surface area (Å²) in [7, 11) is 0. The average molecular weight is 311 g/mol. The summed E-state index contributed by atoms with van der Waals surface area (Å²) in [6.07, 6.45) is -3.88. The number of hydrogen-bond acceptors (Lipinski definition) is 2. The molecule has 2 nitrogen and oxygen atoms in total. The highest BCUT2D eigenvalue weighted by molar-refractivity contribution is 9.09. The third-order valence-corrected chi connectivity index (χ3v) is 4.04. The lowest BCUT2D eigenvalue weighted by molar-refractivity contribution is -0.141. The molecule has 0 aliphatic heterocycles. The monoisotopic (exact) mass is 310 g/mol. The number of halogens is 4. The molecule has 96 valence electrons. The molecule has 0 saturated carbocycles. The lowest BCUT2D eigenvalue weighted by Gasteiger charge is -2.25. The largest absolute Gasteiger partial charge is 0.435 e. The lowest BCUT2D eigenvalue weighted by atomic mass is 9.89. The van der Waals surface area contributed by atoms with Crippen molar-refractivity contribution < 1.29 is 13.2 Å². The molecule has 0 spiro atoms. The van der Waals surface area contributed by atoms with E-state index in [1.54, 1.807) is 0 Å².